The summed E-state index contributed by atoms with van der Waals surface area (Å²) >= 11 is 0. The lowest BCUT2D eigenvalue weighted by molar-refractivity contribution is -0.126. The predicted molar refractivity (Wildman–Crippen MR) is 125 cm³/mol. The van der Waals surface area contributed by atoms with Crippen molar-refractivity contribution in [3.8, 4) is 5.75 Å². The zero-order chi connectivity index (χ0) is 22.6. The van der Waals surface area contributed by atoms with Crippen LogP contribution < -0.4 is 10.1 Å². The zero-order valence-corrected chi connectivity index (χ0v) is 19.0. The largest absolute Gasteiger partial charge is 0.492 e. The number of amides is 1. The summed E-state index contributed by atoms with van der Waals surface area (Å²) in [5.74, 6) is 0.270. The van der Waals surface area contributed by atoms with Gasteiger partial charge >= 0.3 is 0 Å². The fourth-order valence-electron chi connectivity index (χ4n) is 3.98. The molecule has 0 unspecified atom stereocenters. The van der Waals surface area contributed by atoms with Gasteiger partial charge in [-0.15, -0.1) is 0 Å². The van der Waals surface area contributed by atoms with Crippen LogP contribution >= 0.6 is 0 Å². The third kappa shape index (κ3) is 5.11. The fourth-order valence-corrected chi connectivity index (χ4v) is 5.50. The number of nitrogens with zero attached hydrogens (tertiary/aromatic N) is 1. The number of piperidine rings is 1. The van der Waals surface area contributed by atoms with E-state index in [4.69, 9.17) is 4.74 Å². The van der Waals surface area contributed by atoms with Gasteiger partial charge in [-0.1, -0.05) is 48.0 Å². The van der Waals surface area contributed by atoms with Crippen LogP contribution in [-0.2, 0) is 14.8 Å². The van der Waals surface area contributed by atoms with E-state index in [1.165, 1.54) is 4.31 Å². The molecule has 0 spiro atoms. The van der Waals surface area contributed by atoms with Crippen molar-refractivity contribution in [2.75, 3.05) is 26.2 Å². The molecule has 1 N–H and O–H groups in total. The van der Waals surface area contributed by atoms with E-state index in [0.29, 0.717) is 32.5 Å². The Morgan fingerprint density at radius 1 is 1.06 bits per heavy atom. The number of carbonyl (C=O) groups is 1. The lowest BCUT2D eigenvalue weighted by Gasteiger charge is -2.31. The number of hydrogen-bond donors (Lipinski definition) is 1. The van der Waals surface area contributed by atoms with Crippen molar-refractivity contribution >= 4 is 26.7 Å². The number of aryl methyl sites for hydroxylation is 1. The van der Waals surface area contributed by atoms with Crippen LogP contribution in [0.3, 0.4) is 0 Å². The summed E-state index contributed by atoms with van der Waals surface area (Å²) in [5, 5.41) is 5.15. The third-order valence-electron chi connectivity index (χ3n) is 5.80. The van der Waals surface area contributed by atoms with Gasteiger partial charge in [0.05, 0.1) is 17.4 Å². The van der Waals surface area contributed by atoms with E-state index in [-0.39, 0.29) is 23.3 Å². The molecule has 1 aliphatic heterocycles. The smallest absolute Gasteiger partial charge is 0.243 e. The summed E-state index contributed by atoms with van der Waals surface area (Å²) < 4.78 is 33.1. The molecule has 6 nitrogen and oxygen atoms in total. The predicted octanol–water partition coefficient (Wildman–Crippen LogP) is 3.74. The van der Waals surface area contributed by atoms with Gasteiger partial charge in [-0.25, -0.2) is 8.42 Å². The molecule has 0 radical (unpaired) electrons. The van der Waals surface area contributed by atoms with Gasteiger partial charge in [0, 0.05) is 13.1 Å². The SMILES string of the molecule is Cc1ccc(S(=O)(=O)N2CCC[C@@H](C(=O)NCCOc3ccc4ccccc4c3)C2)cc1. The maximum atomic E-state index is 13.0. The molecule has 1 amide bonds. The van der Waals surface area contributed by atoms with Gasteiger partial charge < -0.3 is 10.1 Å². The normalized spacial score (nSPS) is 17.2. The molecule has 1 aliphatic rings. The zero-order valence-electron chi connectivity index (χ0n) is 18.2. The van der Waals surface area contributed by atoms with E-state index in [1.54, 1.807) is 24.3 Å². The maximum absolute atomic E-state index is 13.0. The maximum Gasteiger partial charge on any atom is 0.243 e. The molecular weight excluding hydrogens is 424 g/mol. The molecule has 3 aromatic carbocycles. The van der Waals surface area contributed by atoms with Crippen LogP contribution in [0, 0.1) is 12.8 Å². The molecule has 0 aliphatic carbocycles. The first-order valence-electron chi connectivity index (χ1n) is 10.9. The van der Waals surface area contributed by atoms with E-state index in [9.17, 15) is 13.2 Å². The van der Waals surface area contributed by atoms with Gasteiger partial charge in [-0.3, -0.25) is 4.79 Å². The highest BCUT2D eigenvalue weighted by Gasteiger charge is 2.33. The number of nitrogens with one attached hydrogen (secondary N) is 1. The van der Waals surface area contributed by atoms with Crippen LogP contribution in [0.1, 0.15) is 18.4 Å². The van der Waals surface area contributed by atoms with Gasteiger partial charge in [-0.2, -0.15) is 4.31 Å². The summed E-state index contributed by atoms with van der Waals surface area (Å²) in [5.41, 5.74) is 1.01. The van der Waals surface area contributed by atoms with Crippen LogP contribution in [-0.4, -0.2) is 44.9 Å². The highest BCUT2D eigenvalue weighted by atomic mass is 32.2. The van der Waals surface area contributed by atoms with Crippen LogP contribution in [0.4, 0.5) is 0 Å². The number of benzene rings is 3. The van der Waals surface area contributed by atoms with Gasteiger partial charge in [0.2, 0.25) is 15.9 Å². The van der Waals surface area contributed by atoms with Gasteiger partial charge in [0.25, 0.3) is 0 Å². The van der Waals surface area contributed by atoms with E-state index in [0.717, 1.165) is 22.1 Å². The van der Waals surface area contributed by atoms with Crippen molar-refractivity contribution in [1.29, 1.82) is 0 Å². The molecule has 7 heteroatoms. The van der Waals surface area contributed by atoms with Crippen molar-refractivity contribution in [2.24, 2.45) is 5.92 Å². The van der Waals surface area contributed by atoms with Gasteiger partial charge in [-0.05, 0) is 54.8 Å². The van der Waals surface area contributed by atoms with Gasteiger partial charge in [0.15, 0.2) is 0 Å². The van der Waals surface area contributed by atoms with Crippen LogP contribution in [0.15, 0.2) is 71.6 Å². The minimum absolute atomic E-state index is 0.129. The second-order valence-corrected chi connectivity index (χ2v) is 10.1. The van der Waals surface area contributed by atoms with Crippen LogP contribution in [0.25, 0.3) is 10.8 Å². The number of hydrogen-bond acceptors (Lipinski definition) is 4. The molecule has 1 heterocycles. The van der Waals surface area contributed by atoms with Crippen LogP contribution in [0.2, 0.25) is 0 Å². The quantitative estimate of drug-likeness (QED) is 0.554. The Morgan fingerprint density at radius 3 is 2.59 bits per heavy atom. The number of fused-ring (bicyclic) bond motifs is 1. The van der Waals surface area contributed by atoms with Gasteiger partial charge in [0.1, 0.15) is 12.4 Å². The standard InChI is InChI=1S/C25H28N2O4S/c1-19-8-12-24(13-9-19)32(29,30)27-15-4-7-22(18-27)25(28)26-14-16-31-23-11-10-20-5-2-3-6-21(20)17-23/h2-3,5-6,8-13,17,22H,4,7,14-16,18H2,1H3,(H,26,28)/t22-/m1/s1. The second kappa shape index (κ2) is 9.71. The molecule has 0 saturated carbocycles. The Bertz CT molecular complexity index is 1190. The first-order chi connectivity index (χ1) is 15.4. The molecule has 1 fully saturated rings. The number of sulfonamides is 1. The summed E-state index contributed by atoms with van der Waals surface area (Å²) in [6, 6.07) is 20.8. The average molecular weight is 453 g/mol. The monoisotopic (exact) mass is 452 g/mol. The van der Waals surface area contributed by atoms with Crippen molar-refractivity contribution in [3.63, 3.8) is 0 Å². The number of carbonyl (C=O) groups excluding carboxylic acids is 1. The minimum Gasteiger partial charge on any atom is -0.492 e. The Hall–Kier alpha value is -2.90. The Morgan fingerprint density at radius 2 is 1.81 bits per heavy atom. The Kier molecular flexibility index (Phi) is 6.77. The third-order valence-corrected chi connectivity index (χ3v) is 7.68. The second-order valence-electron chi connectivity index (χ2n) is 8.16. The van der Waals surface area contributed by atoms with Crippen molar-refractivity contribution < 1.29 is 17.9 Å². The summed E-state index contributed by atoms with van der Waals surface area (Å²) in [7, 11) is -3.60. The fraction of sp³-hybridized carbons (Fsp3) is 0.320. The Balaban J connectivity index is 1.28. The topological polar surface area (TPSA) is 75.7 Å². The molecule has 1 saturated heterocycles. The first-order valence-corrected chi connectivity index (χ1v) is 12.3. The molecule has 0 aromatic heterocycles. The first kappa shape index (κ1) is 22.3. The molecule has 32 heavy (non-hydrogen) atoms. The molecular formula is C25H28N2O4S. The summed E-state index contributed by atoms with van der Waals surface area (Å²) in [6.45, 7) is 3.27. The average Bonchev–Trinajstić information content (AvgIpc) is 2.82. The lowest BCUT2D eigenvalue weighted by Crippen LogP contribution is -2.45. The minimum atomic E-state index is -3.60. The summed E-state index contributed by atoms with van der Waals surface area (Å²) in [6.07, 6.45) is 1.34. The van der Waals surface area contributed by atoms with Crippen LogP contribution in [0.5, 0.6) is 5.75 Å². The molecule has 1 atom stereocenters. The van der Waals surface area contributed by atoms with E-state index in [1.807, 2.05) is 49.4 Å². The van der Waals surface area contributed by atoms with E-state index >= 15 is 0 Å². The lowest BCUT2D eigenvalue weighted by atomic mass is 9.99. The highest BCUT2D eigenvalue weighted by Crippen LogP contribution is 2.24. The van der Waals surface area contributed by atoms with Crippen molar-refractivity contribution in [2.45, 2.75) is 24.7 Å². The van der Waals surface area contributed by atoms with Crippen molar-refractivity contribution in [1.82, 2.24) is 9.62 Å². The molecule has 3 aromatic rings. The number of ether oxygens (including phenoxy) is 1. The summed E-state index contributed by atoms with van der Waals surface area (Å²) in [4.78, 5) is 12.9. The number of rotatable bonds is 7. The van der Waals surface area contributed by atoms with Crippen molar-refractivity contribution in [3.05, 3.63) is 72.3 Å². The Labute approximate surface area is 189 Å². The molecule has 4 rings (SSSR count). The van der Waals surface area contributed by atoms with E-state index < -0.39 is 10.0 Å². The van der Waals surface area contributed by atoms with E-state index in [2.05, 4.69) is 5.32 Å². The molecule has 168 valence electrons. The highest BCUT2D eigenvalue weighted by molar-refractivity contribution is 7.89. The molecule has 0 bridgehead atoms.